The number of pyridine rings is 2. The minimum atomic E-state index is -0.306. The predicted molar refractivity (Wildman–Crippen MR) is 121 cm³/mol. The maximum atomic E-state index is 12.8. The van der Waals surface area contributed by atoms with E-state index >= 15 is 0 Å². The van der Waals surface area contributed by atoms with E-state index < -0.39 is 0 Å². The number of aromatic amines is 1. The topological polar surface area (TPSA) is 109 Å². The number of carbonyl (C=O) groups is 1. The Hall–Kier alpha value is -3.97. The lowest BCUT2D eigenvalue weighted by molar-refractivity contribution is 0.102. The zero-order valence-electron chi connectivity index (χ0n) is 16.8. The van der Waals surface area contributed by atoms with Gasteiger partial charge in [0.2, 0.25) is 0 Å². The molecule has 0 spiro atoms. The molecule has 4 aromatic rings. The number of aromatic nitrogens is 3. The molecule has 0 bridgehead atoms. The number of carbonyl (C=O) groups excluding carboxylic acids is 1. The summed E-state index contributed by atoms with van der Waals surface area (Å²) in [4.78, 5) is 24.8. The van der Waals surface area contributed by atoms with E-state index in [0.29, 0.717) is 22.6 Å². The lowest BCUT2D eigenvalue weighted by Gasteiger charge is -2.16. The van der Waals surface area contributed by atoms with E-state index in [0.717, 1.165) is 33.5 Å². The van der Waals surface area contributed by atoms with Crippen LogP contribution >= 0.6 is 0 Å². The molecule has 30 heavy (non-hydrogen) atoms. The highest BCUT2D eigenvalue weighted by Gasteiger charge is 2.16. The van der Waals surface area contributed by atoms with Crippen molar-refractivity contribution in [2.45, 2.75) is 13.8 Å². The number of hydrazine groups is 1. The number of fused-ring (bicyclic) bond motifs is 1. The highest BCUT2D eigenvalue weighted by Crippen LogP contribution is 2.35. The molecular weight excluding hydrogens is 376 g/mol. The van der Waals surface area contributed by atoms with Crippen LogP contribution in [0, 0.1) is 13.8 Å². The number of benzene rings is 1. The fourth-order valence-electron chi connectivity index (χ4n) is 3.52. The molecule has 0 aliphatic rings. The lowest BCUT2D eigenvalue weighted by Crippen LogP contribution is -2.16. The number of nitrogen functional groups attached to an aromatic ring is 1. The van der Waals surface area contributed by atoms with E-state index in [4.69, 9.17) is 5.84 Å². The summed E-state index contributed by atoms with van der Waals surface area (Å²) < 4.78 is 0. The summed E-state index contributed by atoms with van der Waals surface area (Å²) in [6.45, 7) is 7.70. The first-order valence-corrected chi connectivity index (χ1v) is 9.47. The van der Waals surface area contributed by atoms with Gasteiger partial charge in [0.15, 0.2) is 0 Å². The lowest BCUT2D eigenvalue weighted by atomic mass is 9.99. The number of hydrogen-bond donors (Lipinski definition) is 4. The Morgan fingerprint density at radius 1 is 1.17 bits per heavy atom. The Morgan fingerprint density at radius 2 is 1.97 bits per heavy atom. The van der Waals surface area contributed by atoms with Gasteiger partial charge in [0.1, 0.15) is 11.3 Å². The number of anilines is 2. The molecule has 5 N–H and O–H groups in total. The fraction of sp³-hybridized carbons (Fsp3) is 0.0870. The van der Waals surface area contributed by atoms with E-state index in [-0.39, 0.29) is 5.91 Å². The number of nitrogens with zero attached hydrogens (tertiary/aromatic N) is 2. The standard InChI is InChI=1S/C23H22N6O/c1-4-16-20(28-23(30)19-7-5-6-13(2)26-19)11-15(12-21(16)29-24)17-8-9-25-22-18(17)10-14(3)27-22/h4-12,29H,1,24H2,2-3H3,(H,25,27)(H,28,30). The molecule has 0 saturated carbocycles. The van der Waals surface area contributed by atoms with Gasteiger partial charge in [0.05, 0.1) is 11.4 Å². The number of nitrogens with two attached hydrogens (primary N) is 1. The molecule has 3 heterocycles. The summed E-state index contributed by atoms with van der Waals surface area (Å²) >= 11 is 0. The van der Waals surface area contributed by atoms with E-state index in [9.17, 15) is 4.79 Å². The van der Waals surface area contributed by atoms with Gasteiger partial charge in [-0.1, -0.05) is 18.7 Å². The largest absolute Gasteiger partial charge is 0.344 e. The first kappa shape index (κ1) is 19.4. The molecule has 7 nitrogen and oxygen atoms in total. The Balaban J connectivity index is 1.84. The molecule has 0 unspecified atom stereocenters. The van der Waals surface area contributed by atoms with Crippen LogP contribution < -0.4 is 16.6 Å². The molecule has 0 fully saturated rings. The smallest absolute Gasteiger partial charge is 0.274 e. The van der Waals surface area contributed by atoms with Crippen LogP contribution in [-0.4, -0.2) is 20.9 Å². The molecule has 1 amide bonds. The van der Waals surface area contributed by atoms with Crippen molar-refractivity contribution in [1.29, 1.82) is 0 Å². The van der Waals surface area contributed by atoms with E-state index in [2.05, 4.69) is 32.3 Å². The number of aryl methyl sites for hydroxylation is 2. The van der Waals surface area contributed by atoms with Gasteiger partial charge in [0, 0.05) is 28.5 Å². The minimum Gasteiger partial charge on any atom is -0.344 e. The minimum absolute atomic E-state index is 0.306. The molecule has 4 rings (SSSR count). The third-order valence-electron chi connectivity index (χ3n) is 4.89. The predicted octanol–water partition coefficient (Wildman–Crippen LogP) is 4.42. The van der Waals surface area contributed by atoms with Crippen LogP contribution in [0.5, 0.6) is 0 Å². The summed E-state index contributed by atoms with van der Waals surface area (Å²) in [5, 5.41) is 3.94. The van der Waals surface area contributed by atoms with Crippen LogP contribution in [0.25, 0.3) is 28.2 Å². The molecule has 0 aliphatic carbocycles. The van der Waals surface area contributed by atoms with Gasteiger partial charge < -0.3 is 15.7 Å². The second kappa shape index (κ2) is 7.81. The van der Waals surface area contributed by atoms with Crippen molar-refractivity contribution in [3.05, 3.63) is 77.9 Å². The summed E-state index contributed by atoms with van der Waals surface area (Å²) in [5.74, 6) is 5.47. The van der Waals surface area contributed by atoms with Gasteiger partial charge in [-0.15, -0.1) is 0 Å². The fourth-order valence-corrected chi connectivity index (χ4v) is 3.52. The van der Waals surface area contributed by atoms with Gasteiger partial charge in [-0.05, 0) is 61.4 Å². The molecule has 7 heteroatoms. The Labute approximate surface area is 174 Å². The Morgan fingerprint density at radius 3 is 2.70 bits per heavy atom. The van der Waals surface area contributed by atoms with Crippen LogP contribution in [0.15, 0.2) is 55.2 Å². The second-order valence-electron chi connectivity index (χ2n) is 7.02. The van der Waals surface area contributed by atoms with Crippen LogP contribution in [0.1, 0.15) is 27.4 Å². The van der Waals surface area contributed by atoms with E-state index in [1.54, 1.807) is 24.4 Å². The zero-order valence-corrected chi connectivity index (χ0v) is 16.8. The Kier molecular flexibility index (Phi) is 5.04. The first-order valence-electron chi connectivity index (χ1n) is 9.47. The highest BCUT2D eigenvalue weighted by molar-refractivity contribution is 6.06. The van der Waals surface area contributed by atoms with Gasteiger partial charge in [0.25, 0.3) is 5.91 Å². The van der Waals surface area contributed by atoms with Crippen molar-refractivity contribution in [2.24, 2.45) is 5.84 Å². The number of nitrogens with one attached hydrogen (secondary N) is 3. The molecule has 3 aromatic heterocycles. The quantitative estimate of drug-likeness (QED) is 0.294. The molecule has 0 radical (unpaired) electrons. The van der Waals surface area contributed by atoms with Crippen molar-refractivity contribution < 1.29 is 4.79 Å². The number of hydrogen-bond acceptors (Lipinski definition) is 5. The van der Waals surface area contributed by atoms with Crippen LogP contribution in [0.2, 0.25) is 0 Å². The number of H-pyrrole nitrogens is 1. The molecule has 0 saturated heterocycles. The third kappa shape index (κ3) is 3.54. The monoisotopic (exact) mass is 398 g/mol. The third-order valence-corrected chi connectivity index (χ3v) is 4.89. The van der Waals surface area contributed by atoms with E-state index in [1.807, 2.05) is 44.2 Å². The SMILES string of the molecule is C=Cc1c(NN)cc(-c2ccnc3[nH]c(C)cc23)cc1NC(=O)c1cccc(C)n1. The van der Waals surface area contributed by atoms with E-state index in [1.165, 1.54) is 0 Å². The second-order valence-corrected chi connectivity index (χ2v) is 7.02. The summed E-state index contributed by atoms with van der Waals surface area (Å²) in [7, 11) is 0. The molecule has 150 valence electrons. The first-order chi connectivity index (χ1) is 14.5. The normalized spacial score (nSPS) is 10.8. The number of rotatable bonds is 5. The van der Waals surface area contributed by atoms with Crippen molar-refractivity contribution in [3.8, 4) is 11.1 Å². The van der Waals surface area contributed by atoms with Gasteiger partial charge in [-0.25, -0.2) is 9.97 Å². The average Bonchev–Trinajstić information content (AvgIpc) is 3.13. The zero-order chi connectivity index (χ0) is 21.3. The van der Waals surface area contributed by atoms with Crippen LogP contribution in [0.4, 0.5) is 11.4 Å². The molecular formula is C23H22N6O. The van der Waals surface area contributed by atoms with Crippen LogP contribution in [0.3, 0.4) is 0 Å². The average molecular weight is 398 g/mol. The maximum Gasteiger partial charge on any atom is 0.274 e. The molecule has 0 atom stereocenters. The van der Waals surface area contributed by atoms with Crippen molar-refractivity contribution >= 4 is 34.4 Å². The highest BCUT2D eigenvalue weighted by atomic mass is 16.1. The van der Waals surface area contributed by atoms with Gasteiger partial charge >= 0.3 is 0 Å². The van der Waals surface area contributed by atoms with Crippen LogP contribution in [-0.2, 0) is 0 Å². The molecule has 0 aliphatic heterocycles. The van der Waals surface area contributed by atoms with Crippen molar-refractivity contribution in [1.82, 2.24) is 15.0 Å². The van der Waals surface area contributed by atoms with Crippen molar-refractivity contribution in [2.75, 3.05) is 10.7 Å². The molecule has 1 aromatic carbocycles. The Bertz CT molecular complexity index is 1270. The summed E-state index contributed by atoms with van der Waals surface area (Å²) in [6.07, 6.45) is 3.40. The summed E-state index contributed by atoms with van der Waals surface area (Å²) in [5.41, 5.74) is 9.41. The van der Waals surface area contributed by atoms with Crippen molar-refractivity contribution in [3.63, 3.8) is 0 Å². The van der Waals surface area contributed by atoms with Gasteiger partial charge in [-0.3, -0.25) is 10.6 Å². The summed E-state index contributed by atoms with van der Waals surface area (Å²) in [6, 6.07) is 13.1. The van der Waals surface area contributed by atoms with Gasteiger partial charge in [-0.2, -0.15) is 0 Å². The number of amides is 1. The maximum absolute atomic E-state index is 12.8.